The van der Waals surface area contributed by atoms with Crippen molar-refractivity contribution in [3.8, 4) is 0 Å². The van der Waals surface area contributed by atoms with Crippen LogP contribution in [0.4, 0.5) is 5.69 Å². The molecule has 0 bridgehead atoms. The Hall–Kier alpha value is -2.69. The van der Waals surface area contributed by atoms with Crippen LogP contribution in [0.15, 0.2) is 55.7 Å². The van der Waals surface area contributed by atoms with E-state index >= 15 is 0 Å². The van der Waals surface area contributed by atoms with Crippen LogP contribution in [0.2, 0.25) is 0 Å². The maximum absolute atomic E-state index is 11.9. The molecule has 1 aromatic rings. The summed E-state index contributed by atoms with van der Waals surface area (Å²) in [7, 11) is 0. The number of carbonyl (C=O) groups excluding carboxylic acids is 1. The fourth-order valence-electron chi connectivity index (χ4n) is 1.58. The van der Waals surface area contributed by atoms with E-state index in [1.165, 1.54) is 18.2 Å². The number of nitro groups is 1. The van der Waals surface area contributed by atoms with E-state index in [9.17, 15) is 14.9 Å². The van der Waals surface area contributed by atoms with Crippen LogP contribution >= 0.6 is 0 Å². The summed E-state index contributed by atoms with van der Waals surface area (Å²) in [4.78, 5) is 23.7. The van der Waals surface area contributed by atoms with Crippen molar-refractivity contribution in [2.45, 2.75) is 0 Å². The third kappa shape index (κ3) is 4.53. The SMILES string of the molecule is C=CCN(CC=C)C(=O)C=Cc1cccc([N+](=O)[O-])c1. The van der Waals surface area contributed by atoms with Gasteiger partial charge in [-0.2, -0.15) is 0 Å². The molecule has 0 aliphatic carbocycles. The topological polar surface area (TPSA) is 63.5 Å². The van der Waals surface area contributed by atoms with Crippen molar-refractivity contribution in [3.05, 3.63) is 71.3 Å². The smallest absolute Gasteiger partial charge is 0.270 e. The summed E-state index contributed by atoms with van der Waals surface area (Å²) >= 11 is 0. The van der Waals surface area contributed by atoms with Crippen molar-refractivity contribution in [2.75, 3.05) is 13.1 Å². The highest BCUT2D eigenvalue weighted by Gasteiger charge is 2.07. The fourth-order valence-corrected chi connectivity index (χ4v) is 1.58. The number of rotatable bonds is 7. The second-order valence-corrected chi connectivity index (χ2v) is 4.01. The molecular formula is C15H16N2O3. The predicted octanol–water partition coefficient (Wildman–Crippen LogP) is 2.81. The van der Waals surface area contributed by atoms with Gasteiger partial charge in [0.2, 0.25) is 5.91 Å². The molecule has 0 unspecified atom stereocenters. The molecular weight excluding hydrogens is 256 g/mol. The number of amides is 1. The average Bonchev–Trinajstić information content (AvgIpc) is 2.45. The van der Waals surface area contributed by atoms with Gasteiger partial charge in [-0.1, -0.05) is 24.3 Å². The summed E-state index contributed by atoms with van der Waals surface area (Å²) in [5, 5.41) is 10.7. The molecule has 0 fully saturated rings. The molecule has 0 aliphatic rings. The second kappa shape index (κ2) is 7.68. The van der Waals surface area contributed by atoms with Crippen molar-refractivity contribution in [1.82, 2.24) is 4.90 Å². The van der Waals surface area contributed by atoms with Crippen LogP contribution in [-0.4, -0.2) is 28.8 Å². The number of hydrogen-bond donors (Lipinski definition) is 0. The zero-order valence-electron chi connectivity index (χ0n) is 11.1. The average molecular weight is 272 g/mol. The summed E-state index contributed by atoms with van der Waals surface area (Å²) in [5.41, 5.74) is 0.596. The Morgan fingerprint density at radius 3 is 2.50 bits per heavy atom. The van der Waals surface area contributed by atoms with Crippen LogP contribution < -0.4 is 0 Å². The van der Waals surface area contributed by atoms with E-state index in [4.69, 9.17) is 0 Å². The molecule has 0 aromatic heterocycles. The largest absolute Gasteiger partial charge is 0.332 e. The summed E-state index contributed by atoms with van der Waals surface area (Å²) in [6.45, 7) is 8.02. The first-order valence-electron chi connectivity index (χ1n) is 6.01. The van der Waals surface area contributed by atoms with Gasteiger partial charge in [-0.3, -0.25) is 14.9 Å². The Morgan fingerprint density at radius 1 is 1.30 bits per heavy atom. The van der Waals surface area contributed by atoms with Crippen LogP contribution in [-0.2, 0) is 4.79 Å². The van der Waals surface area contributed by atoms with Gasteiger partial charge >= 0.3 is 0 Å². The minimum atomic E-state index is -0.471. The van der Waals surface area contributed by atoms with Crippen molar-refractivity contribution in [2.24, 2.45) is 0 Å². The van der Waals surface area contributed by atoms with Gasteiger partial charge in [-0.25, -0.2) is 0 Å². The molecule has 5 nitrogen and oxygen atoms in total. The molecule has 0 spiro atoms. The molecule has 0 saturated carbocycles. The molecule has 0 saturated heterocycles. The van der Waals surface area contributed by atoms with Gasteiger partial charge in [0.1, 0.15) is 0 Å². The van der Waals surface area contributed by atoms with E-state index in [0.717, 1.165) is 0 Å². The molecule has 0 aliphatic heterocycles. The first-order chi connectivity index (χ1) is 9.58. The van der Waals surface area contributed by atoms with Gasteiger partial charge in [0, 0.05) is 31.3 Å². The molecule has 5 heteroatoms. The molecule has 1 rings (SSSR count). The lowest BCUT2D eigenvalue weighted by Gasteiger charge is -2.16. The normalized spacial score (nSPS) is 10.2. The fraction of sp³-hybridized carbons (Fsp3) is 0.133. The molecule has 0 N–H and O–H groups in total. The van der Waals surface area contributed by atoms with Crippen molar-refractivity contribution in [3.63, 3.8) is 0 Å². The molecule has 20 heavy (non-hydrogen) atoms. The first-order valence-corrected chi connectivity index (χ1v) is 6.01. The summed E-state index contributed by atoms with van der Waals surface area (Å²) in [5.74, 6) is -0.198. The molecule has 104 valence electrons. The highest BCUT2D eigenvalue weighted by atomic mass is 16.6. The van der Waals surface area contributed by atoms with Crippen molar-refractivity contribution < 1.29 is 9.72 Å². The van der Waals surface area contributed by atoms with Gasteiger partial charge in [0.05, 0.1) is 4.92 Å². The van der Waals surface area contributed by atoms with Crippen molar-refractivity contribution >= 4 is 17.7 Å². The van der Waals surface area contributed by atoms with E-state index < -0.39 is 4.92 Å². The molecule has 1 aromatic carbocycles. The summed E-state index contributed by atoms with van der Waals surface area (Å²) < 4.78 is 0. The standard InChI is InChI=1S/C15H16N2O3/c1-3-10-16(11-4-2)15(18)9-8-13-6-5-7-14(12-13)17(19)20/h3-9,12H,1-2,10-11H2. The van der Waals surface area contributed by atoms with Gasteiger partial charge in [0.25, 0.3) is 5.69 Å². The van der Waals surface area contributed by atoms with Crippen LogP contribution in [0.3, 0.4) is 0 Å². The maximum atomic E-state index is 11.9. The number of benzene rings is 1. The van der Waals surface area contributed by atoms with Crippen molar-refractivity contribution in [1.29, 1.82) is 0 Å². The number of nitrogens with zero attached hydrogens (tertiary/aromatic N) is 2. The quantitative estimate of drug-likeness (QED) is 0.332. The van der Waals surface area contributed by atoms with Crippen LogP contribution in [0.1, 0.15) is 5.56 Å². The Balaban J connectivity index is 2.82. The van der Waals surface area contributed by atoms with Gasteiger partial charge in [-0.05, 0) is 11.6 Å². The minimum absolute atomic E-state index is 0.00589. The molecule has 0 radical (unpaired) electrons. The monoisotopic (exact) mass is 272 g/mol. The Morgan fingerprint density at radius 2 is 1.95 bits per heavy atom. The first kappa shape index (κ1) is 15.4. The molecule has 1 amide bonds. The second-order valence-electron chi connectivity index (χ2n) is 4.01. The lowest BCUT2D eigenvalue weighted by molar-refractivity contribution is -0.384. The highest BCUT2D eigenvalue weighted by Crippen LogP contribution is 2.14. The van der Waals surface area contributed by atoms with Gasteiger partial charge < -0.3 is 4.90 Å². The summed E-state index contributed by atoms with van der Waals surface area (Å²) in [6, 6.07) is 6.09. The molecule has 0 atom stereocenters. The lowest BCUT2D eigenvalue weighted by atomic mass is 10.2. The zero-order valence-corrected chi connectivity index (χ0v) is 11.1. The van der Waals surface area contributed by atoms with E-state index in [2.05, 4.69) is 13.2 Å². The van der Waals surface area contributed by atoms with Crippen LogP contribution in [0.5, 0.6) is 0 Å². The van der Waals surface area contributed by atoms with E-state index in [1.54, 1.807) is 35.3 Å². The van der Waals surface area contributed by atoms with Crippen LogP contribution in [0.25, 0.3) is 6.08 Å². The van der Waals surface area contributed by atoms with Gasteiger partial charge in [0.15, 0.2) is 0 Å². The Labute approximate surface area is 117 Å². The number of hydrogen-bond acceptors (Lipinski definition) is 3. The third-order valence-electron chi connectivity index (χ3n) is 2.51. The zero-order chi connectivity index (χ0) is 15.0. The Kier molecular flexibility index (Phi) is 5.90. The molecule has 0 heterocycles. The highest BCUT2D eigenvalue weighted by molar-refractivity contribution is 5.92. The number of nitro benzene ring substituents is 1. The van der Waals surface area contributed by atoms with Crippen LogP contribution in [0, 0.1) is 10.1 Å². The van der Waals surface area contributed by atoms with E-state index in [0.29, 0.717) is 18.7 Å². The Bertz CT molecular complexity index is 540. The number of carbonyl (C=O) groups is 1. The van der Waals surface area contributed by atoms with E-state index in [1.807, 2.05) is 0 Å². The lowest BCUT2D eigenvalue weighted by Crippen LogP contribution is -2.29. The minimum Gasteiger partial charge on any atom is -0.332 e. The summed E-state index contributed by atoms with van der Waals surface area (Å²) in [6.07, 6.45) is 6.19. The predicted molar refractivity (Wildman–Crippen MR) is 79.1 cm³/mol. The maximum Gasteiger partial charge on any atom is 0.270 e. The van der Waals surface area contributed by atoms with Gasteiger partial charge in [-0.15, -0.1) is 13.2 Å². The van der Waals surface area contributed by atoms with E-state index in [-0.39, 0.29) is 11.6 Å². The third-order valence-corrected chi connectivity index (χ3v) is 2.51. The number of non-ortho nitro benzene ring substituents is 1.